The zero-order valence-electron chi connectivity index (χ0n) is 10.4. The van der Waals surface area contributed by atoms with Gasteiger partial charge in [0.15, 0.2) is 0 Å². The van der Waals surface area contributed by atoms with E-state index >= 15 is 0 Å². The highest BCUT2D eigenvalue weighted by molar-refractivity contribution is 5.73. The van der Waals surface area contributed by atoms with Crippen LogP contribution in [0.15, 0.2) is 18.2 Å². The molecule has 0 fully saturated rings. The molecular formula is C12H13F3O4. The molecule has 1 rings (SSSR count). The summed E-state index contributed by atoms with van der Waals surface area (Å²) in [4.78, 5) is 11.2. The maximum absolute atomic E-state index is 12.1. The zero-order valence-corrected chi connectivity index (χ0v) is 10.4. The largest absolute Gasteiger partial charge is 0.573 e. The van der Waals surface area contributed by atoms with Gasteiger partial charge in [0.25, 0.3) is 0 Å². The Balaban J connectivity index is 3.00. The predicted molar refractivity (Wildman–Crippen MR) is 60.0 cm³/mol. The number of esters is 1. The van der Waals surface area contributed by atoms with Crippen molar-refractivity contribution in [2.24, 2.45) is 0 Å². The van der Waals surface area contributed by atoms with Gasteiger partial charge in [-0.2, -0.15) is 0 Å². The lowest BCUT2D eigenvalue weighted by atomic mass is 10.1. The van der Waals surface area contributed by atoms with Crippen LogP contribution in [0.4, 0.5) is 13.2 Å². The molecule has 0 saturated carbocycles. The maximum Gasteiger partial charge on any atom is 0.573 e. The third kappa shape index (κ3) is 5.07. The number of benzene rings is 1. The normalized spacial score (nSPS) is 11.0. The van der Waals surface area contributed by atoms with E-state index < -0.39 is 18.1 Å². The molecule has 0 radical (unpaired) electrons. The summed E-state index contributed by atoms with van der Waals surface area (Å²) in [6, 6.07) is 3.55. The van der Waals surface area contributed by atoms with Crippen molar-refractivity contribution in [1.82, 2.24) is 0 Å². The number of alkyl halides is 3. The summed E-state index contributed by atoms with van der Waals surface area (Å²) >= 11 is 0. The number of halogens is 3. The quantitative estimate of drug-likeness (QED) is 0.777. The van der Waals surface area contributed by atoms with Crippen LogP contribution in [0.1, 0.15) is 12.5 Å². The number of carbonyl (C=O) groups excluding carboxylic acids is 1. The lowest BCUT2D eigenvalue weighted by Gasteiger charge is -2.13. The summed E-state index contributed by atoms with van der Waals surface area (Å²) in [7, 11) is 1.19. The number of hydrogen-bond donors (Lipinski definition) is 0. The Morgan fingerprint density at radius 3 is 2.53 bits per heavy atom. The van der Waals surface area contributed by atoms with Crippen LogP contribution in [-0.4, -0.2) is 26.0 Å². The van der Waals surface area contributed by atoms with E-state index in [1.807, 2.05) is 0 Å². The van der Waals surface area contributed by atoms with E-state index in [9.17, 15) is 18.0 Å². The average Bonchev–Trinajstić information content (AvgIpc) is 2.30. The summed E-state index contributed by atoms with van der Waals surface area (Å²) in [5.41, 5.74) is 0.274. The second kappa shape index (κ2) is 6.31. The molecule has 4 nitrogen and oxygen atoms in total. The van der Waals surface area contributed by atoms with E-state index in [0.717, 1.165) is 12.1 Å². The van der Waals surface area contributed by atoms with E-state index in [4.69, 9.17) is 4.74 Å². The van der Waals surface area contributed by atoms with E-state index in [1.165, 1.54) is 13.2 Å². The van der Waals surface area contributed by atoms with Crippen molar-refractivity contribution in [3.8, 4) is 11.5 Å². The topological polar surface area (TPSA) is 44.8 Å². The minimum absolute atomic E-state index is 0.194. The molecule has 0 atom stereocenters. The first-order valence-electron chi connectivity index (χ1n) is 5.44. The highest BCUT2D eigenvalue weighted by Crippen LogP contribution is 2.29. The van der Waals surface area contributed by atoms with Gasteiger partial charge in [-0.25, -0.2) is 0 Å². The number of rotatable bonds is 5. The summed E-state index contributed by atoms with van der Waals surface area (Å²) in [5.74, 6) is -0.664. The summed E-state index contributed by atoms with van der Waals surface area (Å²) in [6.07, 6.45) is -4.98. The van der Waals surface area contributed by atoms with Crippen molar-refractivity contribution in [2.45, 2.75) is 19.7 Å². The molecule has 0 aliphatic carbocycles. The summed E-state index contributed by atoms with van der Waals surface area (Å²) < 4.78 is 49.8. The lowest BCUT2D eigenvalue weighted by Crippen LogP contribution is -2.17. The second-order valence-corrected chi connectivity index (χ2v) is 3.50. The van der Waals surface area contributed by atoms with Crippen molar-refractivity contribution in [3.63, 3.8) is 0 Å². The van der Waals surface area contributed by atoms with Crippen LogP contribution in [0.5, 0.6) is 11.5 Å². The first kappa shape index (κ1) is 15.1. The predicted octanol–water partition coefficient (Wildman–Crippen LogP) is 2.70. The Morgan fingerprint density at radius 2 is 2.00 bits per heavy atom. The summed E-state index contributed by atoms with van der Waals surface area (Å²) in [5, 5.41) is 0. The molecule has 7 heteroatoms. The minimum Gasteiger partial charge on any atom is -0.494 e. The highest BCUT2D eigenvalue weighted by Gasteiger charge is 2.31. The molecule has 106 valence electrons. The van der Waals surface area contributed by atoms with Crippen LogP contribution in [0.25, 0.3) is 0 Å². The second-order valence-electron chi connectivity index (χ2n) is 3.50. The zero-order chi connectivity index (χ0) is 14.5. The van der Waals surface area contributed by atoms with Gasteiger partial charge in [0, 0.05) is 5.56 Å². The van der Waals surface area contributed by atoms with E-state index in [1.54, 1.807) is 6.92 Å². The lowest BCUT2D eigenvalue weighted by molar-refractivity contribution is -0.274. The maximum atomic E-state index is 12.1. The molecule has 0 N–H and O–H groups in total. The van der Waals surface area contributed by atoms with Gasteiger partial charge < -0.3 is 14.2 Å². The molecule has 0 saturated heterocycles. The first-order valence-corrected chi connectivity index (χ1v) is 5.44. The van der Waals surface area contributed by atoms with E-state index in [2.05, 4.69) is 9.47 Å². The fourth-order valence-electron chi connectivity index (χ4n) is 1.42. The average molecular weight is 278 g/mol. The molecular weight excluding hydrogens is 265 g/mol. The first-order chi connectivity index (χ1) is 8.85. The molecule has 1 aromatic rings. The number of carbonyl (C=O) groups is 1. The van der Waals surface area contributed by atoms with Gasteiger partial charge in [-0.3, -0.25) is 4.79 Å². The van der Waals surface area contributed by atoms with Crippen molar-refractivity contribution in [2.75, 3.05) is 13.7 Å². The van der Waals surface area contributed by atoms with Gasteiger partial charge >= 0.3 is 12.3 Å². The van der Waals surface area contributed by atoms with Crippen molar-refractivity contribution in [1.29, 1.82) is 0 Å². The Kier molecular flexibility index (Phi) is 5.02. The Hall–Kier alpha value is -1.92. The third-order valence-corrected chi connectivity index (χ3v) is 2.13. The number of hydrogen-bond acceptors (Lipinski definition) is 4. The molecule has 0 bridgehead atoms. The van der Waals surface area contributed by atoms with Crippen LogP contribution in [0.3, 0.4) is 0 Å². The van der Waals surface area contributed by atoms with Crippen molar-refractivity contribution in [3.05, 3.63) is 23.8 Å². The van der Waals surface area contributed by atoms with Crippen molar-refractivity contribution < 1.29 is 32.2 Å². The number of ether oxygens (including phenoxy) is 3. The monoisotopic (exact) mass is 278 g/mol. The molecule has 0 aliphatic rings. The fourth-order valence-corrected chi connectivity index (χ4v) is 1.42. The van der Waals surface area contributed by atoms with Crippen LogP contribution in [0, 0.1) is 0 Å². The van der Waals surface area contributed by atoms with Gasteiger partial charge in [-0.05, 0) is 25.1 Å². The Labute approximate surface area is 108 Å². The van der Waals surface area contributed by atoms with Crippen LogP contribution >= 0.6 is 0 Å². The smallest absolute Gasteiger partial charge is 0.494 e. The molecule has 0 amide bonds. The molecule has 1 aromatic carbocycles. The Morgan fingerprint density at radius 1 is 1.32 bits per heavy atom. The third-order valence-electron chi connectivity index (χ3n) is 2.13. The molecule has 0 aromatic heterocycles. The van der Waals surface area contributed by atoms with Gasteiger partial charge in [-0.15, -0.1) is 13.2 Å². The Bertz CT molecular complexity index is 443. The van der Waals surface area contributed by atoms with Gasteiger partial charge in [0.05, 0.1) is 20.1 Å². The molecule has 0 heterocycles. The fraction of sp³-hybridized carbons (Fsp3) is 0.417. The van der Waals surface area contributed by atoms with E-state index in [-0.39, 0.29) is 12.0 Å². The molecule has 0 unspecified atom stereocenters. The van der Waals surface area contributed by atoms with Crippen LogP contribution < -0.4 is 9.47 Å². The number of methoxy groups -OCH3 is 1. The van der Waals surface area contributed by atoms with Crippen LogP contribution in [0.2, 0.25) is 0 Å². The summed E-state index contributed by atoms with van der Waals surface area (Å²) in [6.45, 7) is 2.05. The van der Waals surface area contributed by atoms with E-state index in [0.29, 0.717) is 12.4 Å². The molecule has 0 aliphatic heterocycles. The molecule has 0 spiro atoms. The minimum atomic E-state index is -4.78. The highest BCUT2D eigenvalue weighted by atomic mass is 19.4. The van der Waals surface area contributed by atoms with Gasteiger partial charge in [-0.1, -0.05) is 0 Å². The van der Waals surface area contributed by atoms with Gasteiger partial charge in [0.2, 0.25) is 0 Å². The van der Waals surface area contributed by atoms with Crippen LogP contribution in [-0.2, 0) is 16.0 Å². The van der Waals surface area contributed by atoms with Crippen molar-refractivity contribution >= 4 is 5.97 Å². The SMILES string of the molecule is CCOc1ccc(OC(F)(F)F)cc1CC(=O)OC. The van der Waals surface area contributed by atoms with Gasteiger partial charge in [0.1, 0.15) is 11.5 Å². The standard InChI is InChI=1S/C12H13F3O4/c1-3-18-10-5-4-9(19-12(13,14)15)6-8(10)7-11(16)17-2/h4-6H,3,7H2,1-2H3. The molecule has 19 heavy (non-hydrogen) atoms.